The first-order valence-corrected chi connectivity index (χ1v) is 11.2. The van der Waals surface area contributed by atoms with Gasteiger partial charge in [0, 0.05) is 4.90 Å². The van der Waals surface area contributed by atoms with Gasteiger partial charge in [-0.25, -0.2) is 0 Å². The maximum atomic E-state index is 13.9. The molecule has 2 unspecified atom stereocenters. The SMILES string of the molecule is CCCC(NC(c1ccc(-c2ccc(SN)cc2)cc1)C(F)(F)F)C(=O)NC1(C#N)CC1. The number of rotatable bonds is 9. The van der Waals surface area contributed by atoms with Crippen molar-refractivity contribution in [3.8, 4) is 17.2 Å². The summed E-state index contributed by atoms with van der Waals surface area (Å²) in [5.74, 6) is -0.574. The lowest BCUT2D eigenvalue weighted by molar-refractivity contribution is -0.161. The Labute approximate surface area is 189 Å². The van der Waals surface area contributed by atoms with Gasteiger partial charge in [0.1, 0.15) is 11.6 Å². The molecule has 2 aromatic carbocycles. The van der Waals surface area contributed by atoms with E-state index in [0.29, 0.717) is 19.3 Å². The molecule has 0 heterocycles. The number of carbonyl (C=O) groups is 1. The van der Waals surface area contributed by atoms with Gasteiger partial charge in [0.25, 0.3) is 0 Å². The first kappa shape index (κ1) is 24.1. The molecule has 0 aromatic heterocycles. The second-order valence-corrected chi connectivity index (χ2v) is 8.64. The van der Waals surface area contributed by atoms with Crippen molar-refractivity contribution >= 4 is 17.9 Å². The van der Waals surface area contributed by atoms with Crippen LogP contribution in [-0.2, 0) is 4.79 Å². The normalized spacial score (nSPS) is 16.6. The molecule has 32 heavy (non-hydrogen) atoms. The molecule has 1 aliphatic carbocycles. The van der Waals surface area contributed by atoms with Crippen molar-refractivity contribution in [3.63, 3.8) is 0 Å². The molecule has 3 rings (SSSR count). The zero-order chi connectivity index (χ0) is 23.4. The molecule has 4 N–H and O–H groups in total. The second kappa shape index (κ2) is 9.94. The average molecular weight is 463 g/mol. The topological polar surface area (TPSA) is 90.9 Å². The highest BCUT2D eigenvalue weighted by Gasteiger charge is 2.47. The number of alkyl halides is 3. The molecule has 2 aromatic rings. The fourth-order valence-electron chi connectivity index (χ4n) is 3.47. The van der Waals surface area contributed by atoms with E-state index in [1.165, 1.54) is 12.1 Å². The van der Waals surface area contributed by atoms with E-state index >= 15 is 0 Å². The zero-order valence-electron chi connectivity index (χ0n) is 17.6. The lowest BCUT2D eigenvalue weighted by atomic mass is 9.99. The summed E-state index contributed by atoms with van der Waals surface area (Å²) in [5.41, 5.74) is 0.722. The highest BCUT2D eigenvalue weighted by atomic mass is 32.2. The van der Waals surface area contributed by atoms with E-state index in [9.17, 15) is 23.2 Å². The largest absolute Gasteiger partial charge is 0.407 e. The fraction of sp³-hybridized carbons (Fsp3) is 0.391. The zero-order valence-corrected chi connectivity index (χ0v) is 18.4. The summed E-state index contributed by atoms with van der Waals surface area (Å²) < 4.78 is 41.8. The quantitative estimate of drug-likeness (QED) is 0.463. The molecule has 1 amide bonds. The molecule has 2 atom stereocenters. The minimum atomic E-state index is -4.60. The third-order valence-corrected chi connectivity index (χ3v) is 6.03. The predicted octanol–water partition coefficient (Wildman–Crippen LogP) is 4.85. The van der Waals surface area contributed by atoms with Crippen LogP contribution in [0.2, 0.25) is 0 Å². The molecule has 0 spiro atoms. The number of hydrogen-bond donors (Lipinski definition) is 3. The third-order valence-electron chi connectivity index (χ3n) is 5.48. The van der Waals surface area contributed by atoms with Gasteiger partial charge in [-0.15, -0.1) is 0 Å². The number of amides is 1. The standard InChI is InChI=1S/C23H25F3N4OS/c1-2-3-19(21(31)30-22(14-27)12-13-22)29-20(23(24,25)26)17-6-4-15(5-7-17)16-8-10-18(32-28)11-9-16/h4-11,19-20,29H,2-3,12-13,28H2,1H3,(H,30,31). The van der Waals surface area contributed by atoms with Gasteiger partial charge < -0.3 is 5.32 Å². The van der Waals surface area contributed by atoms with E-state index in [4.69, 9.17) is 5.14 Å². The minimum absolute atomic E-state index is 0.0192. The Morgan fingerprint density at radius 2 is 1.72 bits per heavy atom. The van der Waals surface area contributed by atoms with Crippen molar-refractivity contribution in [2.75, 3.05) is 0 Å². The molecule has 9 heteroatoms. The monoisotopic (exact) mass is 462 g/mol. The van der Waals surface area contributed by atoms with Crippen molar-refractivity contribution in [3.05, 3.63) is 54.1 Å². The Morgan fingerprint density at radius 3 is 2.16 bits per heavy atom. The molecule has 170 valence electrons. The van der Waals surface area contributed by atoms with E-state index < -0.39 is 29.7 Å². The minimum Gasteiger partial charge on any atom is -0.336 e. The second-order valence-electron chi connectivity index (χ2n) is 7.93. The first-order valence-electron chi connectivity index (χ1n) is 10.3. The molecule has 0 radical (unpaired) electrons. The van der Waals surface area contributed by atoms with Gasteiger partial charge in [-0.1, -0.05) is 49.7 Å². The van der Waals surface area contributed by atoms with Crippen LogP contribution in [0.25, 0.3) is 11.1 Å². The Balaban J connectivity index is 1.80. The molecule has 0 bridgehead atoms. The van der Waals surface area contributed by atoms with Gasteiger partial charge in [0.15, 0.2) is 0 Å². The van der Waals surface area contributed by atoms with Gasteiger partial charge in [-0.3, -0.25) is 15.3 Å². The number of halogens is 3. The van der Waals surface area contributed by atoms with Crippen LogP contribution in [0.1, 0.15) is 44.2 Å². The van der Waals surface area contributed by atoms with Crippen molar-refractivity contribution in [1.82, 2.24) is 10.6 Å². The molecule has 0 saturated heterocycles. The van der Waals surface area contributed by atoms with Gasteiger partial charge >= 0.3 is 6.18 Å². The molecule has 1 fully saturated rings. The Hall–Kier alpha value is -2.54. The lowest BCUT2D eigenvalue weighted by Crippen LogP contribution is -2.51. The summed E-state index contributed by atoms with van der Waals surface area (Å²) in [7, 11) is 0. The van der Waals surface area contributed by atoms with Crippen LogP contribution in [-0.4, -0.2) is 23.7 Å². The predicted molar refractivity (Wildman–Crippen MR) is 118 cm³/mol. The van der Waals surface area contributed by atoms with Crippen LogP contribution >= 0.6 is 11.9 Å². The summed E-state index contributed by atoms with van der Waals surface area (Å²) in [6.45, 7) is 1.80. The lowest BCUT2D eigenvalue weighted by Gasteiger charge is -2.28. The van der Waals surface area contributed by atoms with Gasteiger partial charge in [0.2, 0.25) is 5.91 Å². The van der Waals surface area contributed by atoms with Crippen LogP contribution in [0.4, 0.5) is 13.2 Å². The first-order chi connectivity index (χ1) is 15.2. The summed E-state index contributed by atoms with van der Waals surface area (Å²) in [6, 6.07) is 12.5. The summed E-state index contributed by atoms with van der Waals surface area (Å²) in [4.78, 5) is 13.5. The Morgan fingerprint density at radius 1 is 1.16 bits per heavy atom. The molecular weight excluding hydrogens is 437 g/mol. The third kappa shape index (κ3) is 5.82. The van der Waals surface area contributed by atoms with Crippen molar-refractivity contribution < 1.29 is 18.0 Å². The highest BCUT2D eigenvalue weighted by Crippen LogP contribution is 2.36. The van der Waals surface area contributed by atoms with Gasteiger partial charge in [-0.05, 0) is 60.0 Å². The maximum Gasteiger partial charge on any atom is 0.407 e. The average Bonchev–Trinajstić information content (AvgIpc) is 3.56. The van der Waals surface area contributed by atoms with E-state index in [1.54, 1.807) is 19.1 Å². The number of benzene rings is 2. The maximum absolute atomic E-state index is 13.9. The Kier molecular flexibility index (Phi) is 7.49. The number of nitriles is 1. The number of carbonyl (C=O) groups excluding carboxylic acids is 1. The van der Waals surface area contributed by atoms with Crippen LogP contribution < -0.4 is 15.8 Å². The van der Waals surface area contributed by atoms with Gasteiger partial charge in [-0.2, -0.15) is 18.4 Å². The molecule has 0 aliphatic heterocycles. The van der Waals surface area contributed by atoms with Crippen LogP contribution in [0.5, 0.6) is 0 Å². The van der Waals surface area contributed by atoms with Crippen molar-refractivity contribution in [2.45, 2.75) is 61.3 Å². The number of nitrogens with one attached hydrogen (secondary N) is 2. The summed E-state index contributed by atoms with van der Waals surface area (Å²) >= 11 is 1.12. The van der Waals surface area contributed by atoms with E-state index in [0.717, 1.165) is 28.0 Å². The van der Waals surface area contributed by atoms with Crippen molar-refractivity contribution in [2.24, 2.45) is 5.14 Å². The van der Waals surface area contributed by atoms with E-state index in [1.807, 2.05) is 30.3 Å². The van der Waals surface area contributed by atoms with Crippen LogP contribution in [0.15, 0.2) is 53.4 Å². The molecular formula is C23H25F3N4OS. The summed E-state index contributed by atoms with van der Waals surface area (Å²) in [6.07, 6.45) is -2.82. The van der Waals surface area contributed by atoms with Crippen LogP contribution in [0.3, 0.4) is 0 Å². The molecule has 1 aliphatic rings. The van der Waals surface area contributed by atoms with E-state index in [2.05, 4.69) is 10.6 Å². The highest BCUT2D eigenvalue weighted by molar-refractivity contribution is 7.97. The molecule has 1 saturated carbocycles. The number of nitrogens with two attached hydrogens (primary N) is 1. The molecule has 5 nitrogen and oxygen atoms in total. The smallest absolute Gasteiger partial charge is 0.336 e. The van der Waals surface area contributed by atoms with Crippen molar-refractivity contribution in [1.29, 1.82) is 5.26 Å². The fourth-order valence-corrected chi connectivity index (χ4v) is 3.76. The van der Waals surface area contributed by atoms with Crippen LogP contribution in [0, 0.1) is 11.3 Å². The number of nitrogens with zero attached hydrogens (tertiary/aromatic N) is 1. The Bertz CT molecular complexity index is 967. The summed E-state index contributed by atoms with van der Waals surface area (Å²) in [5, 5.41) is 19.8. The van der Waals surface area contributed by atoms with E-state index in [-0.39, 0.29) is 12.0 Å². The number of hydrogen-bond acceptors (Lipinski definition) is 5. The van der Waals surface area contributed by atoms with Gasteiger partial charge in [0.05, 0.1) is 12.1 Å².